The molecule has 20 heavy (non-hydrogen) atoms. The van der Waals surface area contributed by atoms with Crippen molar-refractivity contribution in [2.75, 3.05) is 26.3 Å². The normalized spacial score (nSPS) is 34.2. The molecule has 3 fully saturated rings. The van der Waals surface area contributed by atoms with Crippen LogP contribution in [0.1, 0.15) is 46.0 Å². The Bertz CT molecular complexity index is 332. The summed E-state index contributed by atoms with van der Waals surface area (Å²) in [4.78, 5) is 2.60. The lowest BCUT2D eigenvalue weighted by Gasteiger charge is -2.45. The SMILES string of the molecule is CC(C)NC(CO)(CN1CCOC2CCCC21)C1CC1. The summed E-state index contributed by atoms with van der Waals surface area (Å²) in [5.74, 6) is 0.651. The van der Waals surface area contributed by atoms with E-state index in [4.69, 9.17) is 4.74 Å². The minimum atomic E-state index is -0.0986. The Morgan fingerprint density at radius 2 is 2.10 bits per heavy atom. The molecule has 2 aliphatic carbocycles. The van der Waals surface area contributed by atoms with Crippen LogP contribution >= 0.6 is 0 Å². The predicted molar refractivity (Wildman–Crippen MR) is 79.8 cm³/mol. The summed E-state index contributed by atoms with van der Waals surface area (Å²) >= 11 is 0. The number of aliphatic hydroxyl groups excluding tert-OH is 1. The van der Waals surface area contributed by atoms with Crippen molar-refractivity contribution in [2.24, 2.45) is 5.92 Å². The molecule has 0 aromatic heterocycles. The number of morpholine rings is 1. The maximum absolute atomic E-state index is 10.1. The molecule has 2 N–H and O–H groups in total. The van der Waals surface area contributed by atoms with Crippen molar-refractivity contribution < 1.29 is 9.84 Å². The molecule has 1 heterocycles. The van der Waals surface area contributed by atoms with E-state index in [1.54, 1.807) is 0 Å². The first-order chi connectivity index (χ1) is 9.64. The van der Waals surface area contributed by atoms with Gasteiger partial charge in [-0.15, -0.1) is 0 Å². The lowest BCUT2D eigenvalue weighted by atomic mass is 9.91. The van der Waals surface area contributed by atoms with E-state index in [0.29, 0.717) is 24.1 Å². The molecule has 0 aromatic carbocycles. The zero-order valence-corrected chi connectivity index (χ0v) is 13.0. The molecule has 4 heteroatoms. The molecule has 3 rings (SSSR count). The molecule has 0 spiro atoms. The average molecular weight is 282 g/mol. The second-order valence-corrected chi connectivity index (χ2v) is 7.27. The summed E-state index contributed by atoms with van der Waals surface area (Å²) in [6.07, 6.45) is 6.74. The zero-order valence-electron chi connectivity index (χ0n) is 13.0. The lowest BCUT2D eigenvalue weighted by molar-refractivity contribution is -0.0701. The quantitative estimate of drug-likeness (QED) is 0.772. The number of hydrogen-bond acceptors (Lipinski definition) is 4. The maximum atomic E-state index is 10.1. The Hall–Kier alpha value is -0.160. The number of fused-ring (bicyclic) bond motifs is 1. The largest absolute Gasteiger partial charge is 0.394 e. The van der Waals surface area contributed by atoms with Crippen LogP contribution in [0.3, 0.4) is 0 Å². The van der Waals surface area contributed by atoms with Crippen LogP contribution in [0.4, 0.5) is 0 Å². The van der Waals surface area contributed by atoms with Crippen LogP contribution in [0.15, 0.2) is 0 Å². The van der Waals surface area contributed by atoms with Crippen LogP contribution in [-0.4, -0.2) is 60.0 Å². The Balaban J connectivity index is 1.71. The molecular weight excluding hydrogens is 252 g/mol. The van der Waals surface area contributed by atoms with Gasteiger partial charge in [0.05, 0.1) is 24.9 Å². The third-order valence-corrected chi connectivity index (χ3v) is 5.30. The lowest BCUT2D eigenvalue weighted by Crippen LogP contribution is -2.63. The summed E-state index contributed by atoms with van der Waals surface area (Å²) in [6, 6.07) is 1.01. The third-order valence-electron chi connectivity index (χ3n) is 5.30. The Morgan fingerprint density at radius 3 is 2.75 bits per heavy atom. The number of nitrogens with zero attached hydrogens (tertiary/aromatic N) is 1. The third kappa shape index (κ3) is 2.89. The molecule has 0 radical (unpaired) electrons. The van der Waals surface area contributed by atoms with E-state index in [9.17, 15) is 5.11 Å². The highest BCUT2D eigenvalue weighted by Crippen LogP contribution is 2.41. The van der Waals surface area contributed by atoms with Crippen molar-refractivity contribution in [1.29, 1.82) is 0 Å². The summed E-state index contributed by atoms with van der Waals surface area (Å²) in [5, 5.41) is 13.8. The van der Waals surface area contributed by atoms with Crippen LogP contribution < -0.4 is 5.32 Å². The predicted octanol–water partition coefficient (Wildman–Crippen LogP) is 1.38. The first-order valence-electron chi connectivity index (χ1n) is 8.39. The number of nitrogens with one attached hydrogen (secondary N) is 1. The molecule has 116 valence electrons. The highest BCUT2D eigenvalue weighted by molar-refractivity contribution is 5.05. The summed E-state index contributed by atoms with van der Waals surface area (Å²) in [5.41, 5.74) is -0.0986. The smallest absolute Gasteiger partial charge is 0.0730 e. The van der Waals surface area contributed by atoms with Crippen molar-refractivity contribution in [1.82, 2.24) is 10.2 Å². The van der Waals surface area contributed by atoms with E-state index < -0.39 is 0 Å². The Kier molecular flexibility index (Phi) is 4.37. The number of hydrogen-bond donors (Lipinski definition) is 2. The van der Waals surface area contributed by atoms with Crippen molar-refractivity contribution in [3.8, 4) is 0 Å². The van der Waals surface area contributed by atoms with Crippen molar-refractivity contribution >= 4 is 0 Å². The molecular formula is C16H30N2O2. The Morgan fingerprint density at radius 1 is 1.30 bits per heavy atom. The fraction of sp³-hybridized carbons (Fsp3) is 1.00. The zero-order chi connectivity index (χ0) is 14.2. The van der Waals surface area contributed by atoms with E-state index in [0.717, 1.165) is 19.7 Å². The minimum Gasteiger partial charge on any atom is -0.394 e. The molecule has 1 aliphatic heterocycles. The van der Waals surface area contributed by atoms with Gasteiger partial charge in [-0.3, -0.25) is 4.90 Å². The van der Waals surface area contributed by atoms with E-state index in [-0.39, 0.29) is 12.1 Å². The van der Waals surface area contributed by atoms with E-state index in [2.05, 4.69) is 24.1 Å². The van der Waals surface area contributed by atoms with E-state index in [1.165, 1.54) is 32.1 Å². The summed E-state index contributed by atoms with van der Waals surface area (Å²) < 4.78 is 5.91. The van der Waals surface area contributed by atoms with Gasteiger partial charge in [-0.2, -0.15) is 0 Å². The second kappa shape index (κ2) is 5.91. The van der Waals surface area contributed by atoms with Gasteiger partial charge in [0.15, 0.2) is 0 Å². The monoisotopic (exact) mass is 282 g/mol. The van der Waals surface area contributed by atoms with Gasteiger partial charge >= 0.3 is 0 Å². The molecule has 2 saturated carbocycles. The van der Waals surface area contributed by atoms with Crippen LogP contribution in [0.25, 0.3) is 0 Å². The van der Waals surface area contributed by atoms with Gasteiger partial charge in [0.1, 0.15) is 0 Å². The van der Waals surface area contributed by atoms with Crippen LogP contribution in [0, 0.1) is 5.92 Å². The van der Waals surface area contributed by atoms with E-state index in [1.807, 2.05) is 0 Å². The van der Waals surface area contributed by atoms with Gasteiger partial charge in [0.25, 0.3) is 0 Å². The fourth-order valence-corrected chi connectivity index (χ4v) is 4.29. The first-order valence-corrected chi connectivity index (χ1v) is 8.39. The minimum absolute atomic E-state index is 0.0986. The number of rotatable bonds is 6. The van der Waals surface area contributed by atoms with Crippen molar-refractivity contribution in [3.63, 3.8) is 0 Å². The first kappa shape index (κ1) is 14.8. The van der Waals surface area contributed by atoms with Crippen molar-refractivity contribution in [3.05, 3.63) is 0 Å². The van der Waals surface area contributed by atoms with Gasteiger partial charge in [-0.1, -0.05) is 13.8 Å². The number of aliphatic hydroxyl groups is 1. The molecule has 1 saturated heterocycles. The van der Waals surface area contributed by atoms with Crippen LogP contribution in [0.5, 0.6) is 0 Å². The number of ether oxygens (including phenoxy) is 1. The van der Waals surface area contributed by atoms with Crippen LogP contribution in [-0.2, 0) is 4.74 Å². The van der Waals surface area contributed by atoms with Gasteiger partial charge < -0.3 is 15.2 Å². The molecule has 0 amide bonds. The highest BCUT2D eigenvalue weighted by atomic mass is 16.5. The summed E-state index contributed by atoms with van der Waals surface area (Å²) in [7, 11) is 0. The standard InChI is InChI=1S/C16H30N2O2/c1-12(2)17-16(11-19,13-6-7-13)10-18-8-9-20-15-5-3-4-14(15)18/h12-15,17,19H,3-11H2,1-2H3. The van der Waals surface area contributed by atoms with Gasteiger partial charge in [0.2, 0.25) is 0 Å². The van der Waals surface area contributed by atoms with Gasteiger partial charge in [-0.05, 0) is 38.0 Å². The summed E-state index contributed by atoms with van der Waals surface area (Å²) in [6.45, 7) is 7.49. The van der Waals surface area contributed by atoms with Crippen molar-refractivity contribution in [2.45, 2.75) is 69.7 Å². The molecule has 0 aromatic rings. The second-order valence-electron chi connectivity index (χ2n) is 7.27. The molecule has 3 unspecified atom stereocenters. The molecule has 0 bridgehead atoms. The highest BCUT2D eigenvalue weighted by Gasteiger charge is 2.48. The van der Waals surface area contributed by atoms with Crippen LogP contribution in [0.2, 0.25) is 0 Å². The maximum Gasteiger partial charge on any atom is 0.0730 e. The fourth-order valence-electron chi connectivity index (χ4n) is 4.29. The van der Waals surface area contributed by atoms with Gasteiger partial charge in [0, 0.05) is 25.2 Å². The Labute approximate surface area is 122 Å². The topological polar surface area (TPSA) is 44.7 Å². The average Bonchev–Trinajstić information content (AvgIpc) is 3.16. The van der Waals surface area contributed by atoms with Gasteiger partial charge in [-0.25, -0.2) is 0 Å². The molecule has 3 aliphatic rings. The van der Waals surface area contributed by atoms with E-state index >= 15 is 0 Å². The molecule has 3 atom stereocenters. The molecule has 4 nitrogen and oxygen atoms in total.